The van der Waals surface area contributed by atoms with Crippen LogP contribution in [-0.2, 0) is 6.54 Å². The first-order valence-electron chi connectivity index (χ1n) is 7.45. The molecule has 6 heteroatoms. The Hall–Kier alpha value is -1.53. The number of nitrogens with zero attached hydrogens (tertiary/aromatic N) is 3. The third kappa shape index (κ3) is 3.57. The van der Waals surface area contributed by atoms with Crippen LogP contribution in [-0.4, -0.2) is 33.9 Å². The van der Waals surface area contributed by atoms with Gasteiger partial charge in [0, 0.05) is 36.0 Å². The molecule has 1 saturated carbocycles. The number of pyridine rings is 1. The lowest BCUT2D eigenvalue weighted by Crippen LogP contribution is -2.38. The molecule has 0 bridgehead atoms. The minimum absolute atomic E-state index is 0.194. The van der Waals surface area contributed by atoms with Gasteiger partial charge >= 0.3 is 0 Å². The van der Waals surface area contributed by atoms with Crippen LogP contribution in [0.25, 0.3) is 0 Å². The van der Waals surface area contributed by atoms with Gasteiger partial charge in [0.05, 0.1) is 10.6 Å². The van der Waals surface area contributed by atoms with Gasteiger partial charge in [-0.05, 0) is 46.6 Å². The first-order valence-corrected chi connectivity index (χ1v) is 7.45. The van der Waals surface area contributed by atoms with E-state index in [2.05, 4.69) is 16.9 Å². The number of hydrogen-bond donors (Lipinski definition) is 1. The van der Waals surface area contributed by atoms with Crippen molar-refractivity contribution in [2.75, 3.05) is 7.05 Å². The zero-order chi connectivity index (χ0) is 15.6. The Bertz CT molecular complexity index is 525. The molecule has 0 unspecified atom stereocenters. The molecule has 0 aromatic carbocycles. The van der Waals surface area contributed by atoms with Crippen molar-refractivity contribution in [2.24, 2.45) is 5.73 Å². The molecule has 0 saturated heterocycles. The van der Waals surface area contributed by atoms with E-state index in [1.165, 1.54) is 0 Å². The average Bonchev–Trinajstić information content (AvgIpc) is 2.42. The molecular weight excluding hydrogens is 268 g/mol. The van der Waals surface area contributed by atoms with Crippen LogP contribution in [0.3, 0.4) is 0 Å². The SMILES string of the molecule is Cc1cnc(CN(C)C2CCC(N)CC2)c(C)c1[N+](=O)[O-]. The highest BCUT2D eigenvalue weighted by Gasteiger charge is 2.24. The summed E-state index contributed by atoms with van der Waals surface area (Å²) in [6.45, 7) is 4.17. The number of aryl methyl sites for hydroxylation is 1. The van der Waals surface area contributed by atoms with Crippen molar-refractivity contribution in [3.8, 4) is 0 Å². The van der Waals surface area contributed by atoms with Crippen LogP contribution in [0.5, 0.6) is 0 Å². The molecule has 1 aliphatic rings. The Morgan fingerprint density at radius 1 is 1.38 bits per heavy atom. The lowest BCUT2D eigenvalue weighted by atomic mass is 9.91. The molecule has 21 heavy (non-hydrogen) atoms. The average molecular weight is 292 g/mol. The monoisotopic (exact) mass is 292 g/mol. The lowest BCUT2D eigenvalue weighted by Gasteiger charge is -2.33. The van der Waals surface area contributed by atoms with Gasteiger partial charge in [0.2, 0.25) is 0 Å². The predicted molar refractivity (Wildman–Crippen MR) is 82.1 cm³/mol. The molecular formula is C15H24N4O2. The van der Waals surface area contributed by atoms with E-state index < -0.39 is 0 Å². The molecule has 116 valence electrons. The summed E-state index contributed by atoms with van der Waals surface area (Å²) in [5, 5.41) is 11.2. The van der Waals surface area contributed by atoms with Crippen LogP contribution in [0.15, 0.2) is 6.20 Å². The van der Waals surface area contributed by atoms with Crippen molar-refractivity contribution < 1.29 is 4.92 Å². The maximum absolute atomic E-state index is 11.2. The second kappa shape index (κ2) is 6.49. The van der Waals surface area contributed by atoms with Crippen molar-refractivity contribution >= 4 is 5.69 Å². The fourth-order valence-electron chi connectivity index (χ4n) is 3.11. The molecule has 0 radical (unpaired) electrons. The summed E-state index contributed by atoms with van der Waals surface area (Å²) in [6.07, 6.45) is 5.88. The summed E-state index contributed by atoms with van der Waals surface area (Å²) >= 11 is 0. The first kappa shape index (κ1) is 15.9. The van der Waals surface area contributed by atoms with Gasteiger partial charge in [-0.15, -0.1) is 0 Å². The normalized spacial score (nSPS) is 22.5. The van der Waals surface area contributed by atoms with E-state index in [1.54, 1.807) is 20.0 Å². The third-order valence-electron chi connectivity index (χ3n) is 4.52. The third-order valence-corrected chi connectivity index (χ3v) is 4.52. The van der Waals surface area contributed by atoms with E-state index in [0.717, 1.165) is 31.4 Å². The molecule has 1 aromatic rings. The van der Waals surface area contributed by atoms with Crippen LogP contribution in [0.1, 0.15) is 42.5 Å². The van der Waals surface area contributed by atoms with Gasteiger partial charge in [-0.3, -0.25) is 20.0 Å². The maximum atomic E-state index is 11.2. The molecule has 1 heterocycles. The number of rotatable bonds is 4. The molecule has 2 rings (SSSR count). The van der Waals surface area contributed by atoms with Gasteiger partial charge in [0.25, 0.3) is 5.69 Å². The van der Waals surface area contributed by atoms with Crippen molar-refractivity contribution in [1.82, 2.24) is 9.88 Å². The number of nitrogens with two attached hydrogens (primary N) is 1. The summed E-state index contributed by atoms with van der Waals surface area (Å²) < 4.78 is 0. The highest BCUT2D eigenvalue weighted by Crippen LogP contribution is 2.27. The highest BCUT2D eigenvalue weighted by atomic mass is 16.6. The second-order valence-corrected chi connectivity index (χ2v) is 6.10. The predicted octanol–water partition coefficient (Wildman–Crippen LogP) is 2.31. The smallest absolute Gasteiger partial charge is 0.278 e. The van der Waals surface area contributed by atoms with Crippen molar-refractivity contribution in [1.29, 1.82) is 0 Å². The molecule has 6 nitrogen and oxygen atoms in total. The summed E-state index contributed by atoms with van der Waals surface area (Å²) in [5.41, 5.74) is 8.23. The summed E-state index contributed by atoms with van der Waals surface area (Å²) in [7, 11) is 2.06. The molecule has 1 aromatic heterocycles. The van der Waals surface area contributed by atoms with Gasteiger partial charge in [-0.1, -0.05) is 0 Å². The van der Waals surface area contributed by atoms with E-state index in [0.29, 0.717) is 29.8 Å². The van der Waals surface area contributed by atoms with Gasteiger partial charge in [0.15, 0.2) is 0 Å². The minimum atomic E-state index is -0.310. The standard InChI is InChI=1S/C15H24N4O2/c1-10-8-17-14(11(2)15(10)19(20)21)9-18(3)13-6-4-12(16)5-7-13/h8,12-13H,4-7,9,16H2,1-3H3. The van der Waals surface area contributed by atoms with Crippen molar-refractivity contribution in [3.63, 3.8) is 0 Å². The fraction of sp³-hybridized carbons (Fsp3) is 0.667. The maximum Gasteiger partial charge on any atom is 0.278 e. The Labute approximate surface area is 125 Å². The Kier molecular flexibility index (Phi) is 4.90. The summed E-state index contributed by atoms with van der Waals surface area (Å²) in [6, 6.07) is 0.821. The van der Waals surface area contributed by atoms with Gasteiger partial charge in [-0.2, -0.15) is 0 Å². The first-order chi connectivity index (χ1) is 9.90. The van der Waals surface area contributed by atoms with Crippen LogP contribution in [0, 0.1) is 24.0 Å². The molecule has 0 atom stereocenters. The van der Waals surface area contributed by atoms with Crippen molar-refractivity contribution in [3.05, 3.63) is 33.1 Å². The second-order valence-electron chi connectivity index (χ2n) is 6.10. The molecule has 2 N–H and O–H groups in total. The minimum Gasteiger partial charge on any atom is -0.328 e. The number of aromatic nitrogens is 1. The fourth-order valence-corrected chi connectivity index (χ4v) is 3.11. The van der Waals surface area contributed by atoms with Crippen LogP contribution < -0.4 is 5.73 Å². The molecule has 1 aliphatic carbocycles. The number of hydrogen-bond acceptors (Lipinski definition) is 5. The number of nitro groups is 1. The summed E-state index contributed by atoms with van der Waals surface area (Å²) in [5.74, 6) is 0. The lowest BCUT2D eigenvalue weighted by molar-refractivity contribution is -0.386. The molecule has 1 fully saturated rings. The van der Waals surface area contributed by atoms with Gasteiger partial charge < -0.3 is 5.73 Å². The molecule has 0 spiro atoms. The van der Waals surface area contributed by atoms with E-state index in [-0.39, 0.29) is 10.6 Å². The topological polar surface area (TPSA) is 85.3 Å². The Morgan fingerprint density at radius 2 is 2.00 bits per heavy atom. The van der Waals surface area contributed by atoms with Crippen molar-refractivity contribution in [2.45, 2.75) is 58.2 Å². The van der Waals surface area contributed by atoms with E-state index in [4.69, 9.17) is 5.73 Å². The Morgan fingerprint density at radius 3 is 2.57 bits per heavy atom. The summed E-state index contributed by atoms with van der Waals surface area (Å²) in [4.78, 5) is 17.5. The Balaban J connectivity index is 2.12. The van der Waals surface area contributed by atoms with Crippen LogP contribution in [0.2, 0.25) is 0 Å². The van der Waals surface area contributed by atoms with E-state index in [1.807, 2.05) is 0 Å². The van der Waals surface area contributed by atoms with E-state index >= 15 is 0 Å². The van der Waals surface area contributed by atoms with E-state index in [9.17, 15) is 10.1 Å². The van der Waals surface area contributed by atoms with Gasteiger partial charge in [-0.25, -0.2) is 0 Å². The zero-order valence-electron chi connectivity index (χ0n) is 13.0. The van der Waals surface area contributed by atoms with Crippen LogP contribution >= 0.6 is 0 Å². The van der Waals surface area contributed by atoms with Gasteiger partial charge in [0.1, 0.15) is 0 Å². The quantitative estimate of drug-likeness (QED) is 0.680. The largest absolute Gasteiger partial charge is 0.328 e. The molecule has 0 aliphatic heterocycles. The van der Waals surface area contributed by atoms with Crippen LogP contribution in [0.4, 0.5) is 5.69 Å². The molecule has 0 amide bonds. The zero-order valence-corrected chi connectivity index (χ0v) is 13.0. The highest BCUT2D eigenvalue weighted by molar-refractivity contribution is 5.47.